The van der Waals surface area contributed by atoms with E-state index in [0.29, 0.717) is 10.8 Å². The molecule has 5 heteroatoms. The van der Waals surface area contributed by atoms with E-state index in [-0.39, 0.29) is 0 Å². The first-order chi connectivity index (χ1) is 11.4. The molecule has 0 radical (unpaired) electrons. The molecule has 24 heavy (non-hydrogen) atoms. The zero-order valence-corrected chi connectivity index (χ0v) is 15.4. The van der Waals surface area contributed by atoms with E-state index < -0.39 is 9.84 Å². The van der Waals surface area contributed by atoms with Crippen LogP contribution in [0.3, 0.4) is 0 Å². The fourth-order valence-corrected chi connectivity index (χ4v) is 4.03. The quantitative estimate of drug-likeness (QED) is 0.810. The minimum Gasteiger partial charge on any atom is -0.299 e. The van der Waals surface area contributed by atoms with Crippen molar-refractivity contribution in [2.24, 2.45) is 5.92 Å². The summed E-state index contributed by atoms with van der Waals surface area (Å²) in [6.07, 6.45) is 3.52. The Morgan fingerprint density at radius 3 is 2.29 bits per heavy atom. The Bertz CT molecular complexity index is 785. The summed E-state index contributed by atoms with van der Waals surface area (Å²) in [5.41, 5.74) is 2.50. The lowest BCUT2D eigenvalue weighted by molar-refractivity contribution is 0.316. The van der Waals surface area contributed by atoms with Gasteiger partial charge in [0.15, 0.2) is 9.84 Å². The van der Waals surface area contributed by atoms with Gasteiger partial charge >= 0.3 is 0 Å². The zero-order valence-electron chi connectivity index (χ0n) is 13.8. The lowest BCUT2D eigenvalue weighted by Gasteiger charge is -2.16. The number of nitrogens with zero attached hydrogens (tertiary/aromatic N) is 1. The van der Waals surface area contributed by atoms with Gasteiger partial charge in [0.1, 0.15) is 0 Å². The number of rotatable bonds is 5. The average Bonchev–Trinajstić information content (AvgIpc) is 2.96. The lowest BCUT2D eigenvalue weighted by atomic mass is 9.99. The minimum atomic E-state index is -3.12. The van der Waals surface area contributed by atoms with Crippen LogP contribution in [-0.4, -0.2) is 32.7 Å². The number of sulfone groups is 1. The molecule has 1 aliphatic heterocycles. The molecule has 1 saturated heterocycles. The molecule has 0 saturated carbocycles. The highest BCUT2D eigenvalue weighted by Crippen LogP contribution is 2.23. The minimum absolute atomic E-state index is 0.383. The van der Waals surface area contributed by atoms with Crippen molar-refractivity contribution in [3.05, 3.63) is 64.7 Å². The van der Waals surface area contributed by atoms with Crippen LogP contribution in [0.15, 0.2) is 53.4 Å². The van der Waals surface area contributed by atoms with Crippen LogP contribution < -0.4 is 0 Å². The van der Waals surface area contributed by atoms with Crippen LogP contribution in [0.25, 0.3) is 0 Å². The smallest absolute Gasteiger partial charge is 0.175 e. The topological polar surface area (TPSA) is 37.4 Å². The molecule has 1 aliphatic rings. The summed E-state index contributed by atoms with van der Waals surface area (Å²) >= 11 is 5.94. The number of hydrogen-bond donors (Lipinski definition) is 0. The van der Waals surface area contributed by atoms with E-state index in [1.165, 1.54) is 18.2 Å². The first-order valence-corrected chi connectivity index (χ1v) is 10.4. The Hall–Kier alpha value is -1.36. The number of benzene rings is 2. The van der Waals surface area contributed by atoms with Crippen molar-refractivity contribution < 1.29 is 8.42 Å². The van der Waals surface area contributed by atoms with E-state index in [1.807, 2.05) is 24.3 Å². The maximum atomic E-state index is 11.5. The third-order valence-electron chi connectivity index (χ3n) is 4.57. The normalized spacial score (nSPS) is 18.8. The molecule has 1 fully saturated rings. The Labute approximate surface area is 149 Å². The van der Waals surface area contributed by atoms with Crippen LogP contribution in [0.2, 0.25) is 5.02 Å². The van der Waals surface area contributed by atoms with Gasteiger partial charge in [-0.05, 0) is 60.7 Å². The molecule has 2 aromatic carbocycles. The second-order valence-electron chi connectivity index (χ2n) is 6.64. The lowest BCUT2D eigenvalue weighted by Crippen LogP contribution is -2.20. The second kappa shape index (κ2) is 7.26. The summed E-state index contributed by atoms with van der Waals surface area (Å²) in [6.45, 7) is 3.05. The molecule has 1 heterocycles. The molecular weight excluding hydrogens is 342 g/mol. The molecule has 0 bridgehead atoms. The van der Waals surface area contributed by atoms with Gasteiger partial charge in [0, 0.05) is 24.4 Å². The molecule has 1 atom stereocenters. The molecule has 0 N–H and O–H groups in total. The average molecular weight is 364 g/mol. The van der Waals surface area contributed by atoms with Gasteiger partial charge in [-0.3, -0.25) is 4.90 Å². The summed E-state index contributed by atoms with van der Waals surface area (Å²) in [6, 6.07) is 15.4. The Kier molecular flexibility index (Phi) is 5.28. The van der Waals surface area contributed by atoms with Crippen molar-refractivity contribution in [1.82, 2.24) is 4.90 Å². The van der Waals surface area contributed by atoms with E-state index >= 15 is 0 Å². The molecule has 0 spiro atoms. The van der Waals surface area contributed by atoms with E-state index in [9.17, 15) is 8.42 Å². The predicted octanol–water partition coefficient (Wildman–Crippen LogP) is 3.81. The van der Waals surface area contributed by atoms with Crippen LogP contribution >= 0.6 is 11.6 Å². The van der Waals surface area contributed by atoms with Crippen molar-refractivity contribution in [3.63, 3.8) is 0 Å². The van der Waals surface area contributed by atoms with Crippen LogP contribution in [0.5, 0.6) is 0 Å². The van der Waals surface area contributed by atoms with Crippen molar-refractivity contribution in [2.75, 3.05) is 19.3 Å². The van der Waals surface area contributed by atoms with Gasteiger partial charge in [-0.2, -0.15) is 0 Å². The van der Waals surface area contributed by atoms with Crippen LogP contribution in [-0.2, 0) is 22.8 Å². The van der Waals surface area contributed by atoms with Crippen LogP contribution in [0.4, 0.5) is 0 Å². The largest absolute Gasteiger partial charge is 0.299 e. The predicted molar refractivity (Wildman–Crippen MR) is 98.1 cm³/mol. The van der Waals surface area contributed by atoms with Gasteiger partial charge < -0.3 is 0 Å². The maximum Gasteiger partial charge on any atom is 0.175 e. The molecular formula is C19H22ClNO2S. The summed E-state index contributed by atoms with van der Waals surface area (Å²) in [5, 5.41) is 0.782. The van der Waals surface area contributed by atoms with Gasteiger partial charge in [0.2, 0.25) is 0 Å². The zero-order chi connectivity index (χ0) is 17.2. The van der Waals surface area contributed by atoms with Gasteiger partial charge in [0.25, 0.3) is 0 Å². The fourth-order valence-electron chi connectivity index (χ4n) is 3.28. The van der Waals surface area contributed by atoms with Crippen molar-refractivity contribution >= 4 is 21.4 Å². The molecule has 128 valence electrons. The van der Waals surface area contributed by atoms with Crippen molar-refractivity contribution in [2.45, 2.75) is 24.3 Å². The first-order valence-electron chi connectivity index (χ1n) is 8.16. The third kappa shape index (κ3) is 4.59. The molecule has 0 aliphatic carbocycles. The van der Waals surface area contributed by atoms with E-state index in [0.717, 1.165) is 36.6 Å². The van der Waals surface area contributed by atoms with Crippen LogP contribution in [0, 0.1) is 5.92 Å². The highest BCUT2D eigenvalue weighted by atomic mass is 35.5. The number of likely N-dealkylation sites (tertiary alicyclic amines) is 1. The Morgan fingerprint density at radius 2 is 1.67 bits per heavy atom. The fraction of sp³-hybridized carbons (Fsp3) is 0.368. The summed E-state index contributed by atoms with van der Waals surface area (Å²) in [5.74, 6) is 0.668. The summed E-state index contributed by atoms with van der Waals surface area (Å²) < 4.78 is 23.0. The van der Waals surface area contributed by atoms with Gasteiger partial charge in [0.05, 0.1) is 4.90 Å². The monoisotopic (exact) mass is 363 g/mol. The summed E-state index contributed by atoms with van der Waals surface area (Å²) in [7, 11) is -3.12. The first kappa shape index (κ1) is 17.5. The van der Waals surface area contributed by atoms with E-state index in [1.54, 1.807) is 12.1 Å². The van der Waals surface area contributed by atoms with Crippen LogP contribution in [0.1, 0.15) is 17.5 Å². The molecule has 3 rings (SSSR count). The van der Waals surface area contributed by atoms with Gasteiger partial charge in [-0.1, -0.05) is 35.9 Å². The van der Waals surface area contributed by atoms with Gasteiger partial charge in [-0.25, -0.2) is 8.42 Å². The van der Waals surface area contributed by atoms with E-state index in [2.05, 4.69) is 17.0 Å². The highest BCUT2D eigenvalue weighted by Gasteiger charge is 2.22. The molecule has 1 unspecified atom stereocenters. The van der Waals surface area contributed by atoms with Gasteiger partial charge in [-0.15, -0.1) is 0 Å². The highest BCUT2D eigenvalue weighted by molar-refractivity contribution is 7.90. The molecule has 0 amide bonds. The van der Waals surface area contributed by atoms with E-state index in [4.69, 9.17) is 11.6 Å². The Balaban J connectivity index is 1.55. The second-order valence-corrected chi connectivity index (χ2v) is 9.09. The number of hydrogen-bond acceptors (Lipinski definition) is 3. The SMILES string of the molecule is CS(=O)(=O)c1ccc(CN2CCC(Cc3ccc(Cl)cc3)C2)cc1. The van der Waals surface area contributed by atoms with Crippen molar-refractivity contribution in [1.29, 1.82) is 0 Å². The standard InChI is InChI=1S/C19H22ClNO2S/c1-24(22,23)19-8-4-16(5-9-19)13-21-11-10-17(14-21)12-15-2-6-18(20)7-3-15/h2-9,17H,10-14H2,1H3. The summed E-state index contributed by atoms with van der Waals surface area (Å²) in [4.78, 5) is 2.82. The third-order valence-corrected chi connectivity index (χ3v) is 5.95. The molecule has 0 aromatic heterocycles. The maximum absolute atomic E-state index is 11.5. The number of halogens is 1. The molecule has 2 aromatic rings. The van der Waals surface area contributed by atoms with Crippen molar-refractivity contribution in [3.8, 4) is 0 Å². The Morgan fingerprint density at radius 1 is 1.04 bits per heavy atom. The molecule has 3 nitrogen and oxygen atoms in total.